The van der Waals surface area contributed by atoms with Crippen LogP contribution in [0.4, 0.5) is 21.3 Å². The van der Waals surface area contributed by atoms with Gasteiger partial charge in [-0.3, -0.25) is 14.5 Å². The fourth-order valence-electron chi connectivity index (χ4n) is 2.23. The Kier molecular flexibility index (Phi) is 5.68. The van der Waals surface area contributed by atoms with Crippen molar-refractivity contribution in [1.29, 1.82) is 0 Å². The predicted molar refractivity (Wildman–Crippen MR) is 99.8 cm³/mol. The molecule has 2 heterocycles. The minimum Gasteiger partial charge on any atom is -0.336 e. The molecule has 0 radical (unpaired) electrons. The average molecular weight is 392 g/mol. The van der Waals surface area contributed by atoms with E-state index in [2.05, 4.69) is 26.1 Å². The van der Waals surface area contributed by atoms with Crippen LogP contribution in [-0.4, -0.2) is 51.8 Å². The Morgan fingerprint density at radius 2 is 2.15 bits per heavy atom. The quantitative estimate of drug-likeness (QED) is 0.643. The number of imide groups is 1. The molecule has 0 atom stereocenters. The molecule has 1 aromatic heterocycles. The molecule has 1 aliphatic heterocycles. The second-order valence-electron chi connectivity index (χ2n) is 5.33. The zero-order chi connectivity index (χ0) is 18.5. The third-order valence-corrected chi connectivity index (χ3v) is 5.27. The van der Waals surface area contributed by atoms with Crippen molar-refractivity contribution in [3.8, 4) is 0 Å². The van der Waals surface area contributed by atoms with Gasteiger partial charge in [-0.15, -0.1) is 10.2 Å². The molecule has 0 unspecified atom stereocenters. The Balaban J connectivity index is 1.55. The van der Waals surface area contributed by atoms with Crippen LogP contribution in [-0.2, 0) is 9.59 Å². The van der Waals surface area contributed by atoms with Gasteiger partial charge in [-0.2, -0.15) is 0 Å². The molecule has 3 rings (SSSR count). The molecule has 1 aromatic carbocycles. The minimum atomic E-state index is -0.353. The monoisotopic (exact) mass is 392 g/mol. The summed E-state index contributed by atoms with van der Waals surface area (Å²) in [5.74, 6) is -0.272. The second-order valence-corrected chi connectivity index (χ2v) is 7.53. The number of hydrogen-bond donors (Lipinski definition) is 3. The summed E-state index contributed by atoms with van der Waals surface area (Å²) in [6.07, 6.45) is 0. The summed E-state index contributed by atoms with van der Waals surface area (Å²) in [5.41, 5.74) is 1.44. The van der Waals surface area contributed by atoms with Crippen molar-refractivity contribution in [3.63, 3.8) is 0 Å². The van der Waals surface area contributed by atoms with E-state index in [1.165, 1.54) is 34.9 Å². The number of hydrogen-bond acceptors (Lipinski definition) is 8. The van der Waals surface area contributed by atoms with Crippen LogP contribution < -0.4 is 16.0 Å². The first kappa shape index (κ1) is 18.1. The lowest BCUT2D eigenvalue weighted by Gasteiger charge is -2.10. The lowest BCUT2D eigenvalue weighted by atomic mass is 10.3. The van der Waals surface area contributed by atoms with E-state index in [0.717, 1.165) is 5.69 Å². The molecule has 1 saturated heterocycles. The van der Waals surface area contributed by atoms with Gasteiger partial charge in [0.2, 0.25) is 16.9 Å². The van der Waals surface area contributed by atoms with Gasteiger partial charge in [0, 0.05) is 31.4 Å². The van der Waals surface area contributed by atoms with Crippen molar-refractivity contribution < 1.29 is 14.4 Å². The first-order valence-electron chi connectivity index (χ1n) is 7.70. The zero-order valence-electron chi connectivity index (χ0n) is 13.8. The third-order valence-electron chi connectivity index (χ3n) is 3.32. The van der Waals surface area contributed by atoms with E-state index in [9.17, 15) is 14.4 Å². The van der Waals surface area contributed by atoms with Gasteiger partial charge in [-0.25, -0.2) is 4.79 Å². The van der Waals surface area contributed by atoms with Crippen molar-refractivity contribution in [2.75, 3.05) is 29.5 Å². The van der Waals surface area contributed by atoms with E-state index >= 15 is 0 Å². The molecule has 3 N–H and O–H groups in total. The molecule has 0 spiro atoms. The summed E-state index contributed by atoms with van der Waals surface area (Å²) in [6.45, 7) is 2.33. The summed E-state index contributed by atoms with van der Waals surface area (Å²) in [6, 6.07) is 6.87. The molecule has 0 aliphatic carbocycles. The summed E-state index contributed by atoms with van der Waals surface area (Å²) < 4.78 is 0.624. The van der Waals surface area contributed by atoms with E-state index in [0.29, 0.717) is 28.2 Å². The number of amides is 4. The van der Waals surface area contributed by atoms with Crippen LogP contribution in [0.25, 0.3) is 0 Å². The molecule has 0 bridgehead atoms. The van der Waals surface area contributed by atoms with E-state index < -0.39 is 0 Å². The summed E-state index contributed by atoms with van der Waals surface area (Å²) in [5, 5.41) is 17.0. The Morgan fingerprint density at radius 3 is 2.88 bits per heavy atom. The molecule has 9 nitrogen and oxygen atoms in total. The molecular formula is C15H16N6O3S2. The highest BCUT2D eigenvalue weighted by molar-refractivity contribution is 8.01. The highest BCUT2D eigenvalue weighted by Gasteiger charge is 2.26. The van der Waals surface area contributed by atoms with E-state index in [1.54, 1.807) is 12.1 Å². The first-order valence-corrected chi connectivity index (χ1v) is 9.50. The lowest BCUT2D eigenvalue weighted by Crippen LogP contribution is -2.35. The zero-order valence-corrected chi connectivity index (χ0v) is 15.4. The fourth-order valence-corrected chi connectivity index (χ4v) is 3.88. The maximum Gasteiger partial charge on any atom is 0.324 e. The highest BCUT2D eigenvalue weighted by Crippen LogP contribution is 2.28. The van der Waals surface area contributed by atoms with Gasteiger partial charge < -0.3 is 16.0 Å². The number of thioether (sulfide) groups is 1. The molecular weight excluding hydrogens is 376 g/mol. The van der Waals surface area contributed by atoms with Gasteiger partial charge in [0.05, 0.1) is 5.75 Å². The topological polar surface area (TPSA) is 116 Å². The van der Waals surface area contributed by atoms with Gasteiger partial charge in [-0.1, -0.05) is 29.2 Å². The molecule has 4 amide bonds. The molecule has 2 aromatic rings. The van der Waals surface area contributed by atoms with Crippen LogP contribution in [0.1, 0.15) is 6.92 Å². The second kappa shape index (κ2) is 8.15. The number of carbonyl (C=O) groups excluding carboxylic acids is 3. The van der Waals surface area contributed by atoms with Crippen LogP contribution in [0.3, 0.4) is 0 Å². The van der Waals surface area contributed by atoms with Crippen molar-refractivity contribution in [2.24, 2.45) is 0 Å². The number of urea groups is 1. The minimum absolute atomic E-state index is 0.125. The van der Waals surface area contributed by atoms with Crippen molar-refractivity contribution >= 4 is 57.5 Å². The third kappa shape index (κ3) is 4.70. The van der Waals surface area contributed by atoms with Crippen LogP contribution in [0.5, 0.6) is 0 Å². The number of anilines is 3. The smallest absolute Gasteiger partial charge is 0.324 e. The van der Waals surface area contributed by atoms with Gasteiger partial charge in [0.15, 0.2) is 4.34 Å². The van der Waals surface area contributed by atoms with Crippen LogP contribution in [0.15, 0.2) is 28.6 Å². The van der Waals surface area contributed by atoms with E-state index in [-0.39, 0.29) is 23.6 Å². The predicted octanol–water partition coefficient (Wildman–Crippen LogP) is 1.88. The molecule has 0 saturated carbocycles. The Bertz CT molecular complexity index is 840. The van der Waals surface area contributed by atoms with Gasteiger partial charge >= 0.3 is 6.03 Å². The maximum atomic E-state index is 12.0. The number of rotatable bonds is 6. The van der Waals surface area contributed by atoms with Gasteiger partial charge in [0.25, 0.3) is 0 Å². The standard InChI is InChI=1S/C15H16N6O3S2/c1-9(22)17-10-3-2-4-11(7-10)18-13-19-20-15(26-13)25-8-12(23)21-6-5-16-14(21)24/h2-4,7H,5-6,8H2,1H3,(H,16,24)(H,17,22)(H,18,19). The average Bonchev–Trinajstić information content (AvgIpc) is 3.21. The first-order chi connectivity index (χ1) is 12.5. The maximum absolute atomic E-state index is 12.0. The fraction of sp³-hybridized carbons (Fsp3) is 0.267. The molecule has 136 valence electrons. The van der Waals surface area contributed by atoms with Crippen molar-refractivity contribution in [3.05, 3.63) is 24.3 Å². The van der Waals surface area contributed by atoms with E-state index in [1.807, 2.05) is 12.1 Å². The lowest BCUT2D eigenvalue weighted by molar-refractivity contribution is -0.124. The van der Waals surface area contributed by atoms with Crippen molar-refractivity contribution in [2.45, 2.75) is 11.3 Å². The molecule has 1 aliphatic rings. The summed E-state index contributed by atoms with van der Waals surface area (Å²) >= 11 is 2.54. The van der Waals surface area contributed by atoms with Crippen molar-refractivity contribution in [1.82, 2.24) is 20.4 Å². The number of aromatic nitrogens is 2. The normalized spacial score (nSPS) is 13.4. The van der Waals surface area contributed by atoms with Gasteiger partial charge in [-0.05, 0) is 18.2 Å². The number of nitrogens with one attached hydrogen (secondary N) is 3. The largest absolute Gasteiger partial charge is 0.336 e. The highest BCUT2D eigenvalue weighted by atomic mass is 32.2. The Morgan fingerprint density at radius 1 is 1.35 bits per heavy atom. The number of carbonyl (C=O) groups is 3. The van der Waals surface area contributed by atoms with Crippen LogP contribution >= 0.6 is 23.1 Å². The van der Waals surface area contributed by atoms with Gasteiger partial charge in [0.1, 0.15) is 0 Å². The SMILES string of the molecule is CC(=O)Nc1cccc(Nc2nnc(SCC(=O)N3CCNC3=O)s2)c1. The molecule has 1 fully saturated rings. The van der Waals surface area contributed by atoms with Crippen LogP contribution in [0, 0.1) is 0 Å². The molecule has 11 heteroatoms. The number of nitrogens with zero attached hydrogens (tertiary/aromatic N) is 3. The van der Waals surface area contributed by atoms with Crippen LogP contribution in [0.2, 0.25) is 0 Å². The summed E-state index contributed by atoms with van der Waals surface area (Å²) in [7, 11) is 0. The summed E-state index contributed by atoms with van der Waals surface area (Å²) in [4.78, 5) is 35.8. The van der Waals surface area contributed by atoms with E-state index in [4.69, 9.17) is 0 Å². The Hall–Kier alpha value is -2.66. The molecule has 26 heavy (non-hydrogen) atoms. The Labute approximate surface area is 157 Å². The number of benzene rings is 1.